The molecular formula is C12H21N5O2S2. The maximum Gasteiger partial charge on any atom is 0.265 e. The van der Waals surface area contributed by atoms with Gasteiger partial charge in [0.15, 0.2) is 5.13 Å². The van der Waals surface area contributed by atoms with E-state index in [9.17, 15) is 9.00 Å². The summed E-state index contributed by atoms with van der Waals surface area (Å²) in [5, 5.41) is 3.53. The van der Waals surface area contributed by atoms with E-state index < -0.39 is 10.8 Å². The molecule has 9 heteroatoms. The molecule has 2 atom stereocenters. The Morgan fingerprint density at radius 2 is 2.38 bits per heavy atom. The molecule has 21 heavy (non-hydrogen) atoms. The number of nitrogens with two attached hydrogens (primary N) is 2. The highest BCUT2D eigenvalue weighted by molar-refractivity contribution is 7.84. The standard InChI is InChI=1S/C12H21N5O2S2/c1-21(19)6-2-4-15-11(18)9-10(14)16-12(20-9)17-5-3-8(13)7-17/h8H,2-7,13-14H2,1H3,(H,15,18). The topological polar surface area (TPSA) is 114 Å². The number of aromatic nitrogens is 1. The van der Waals surface area contributed by atoms with Crippen LogP contribution in [0.25, 0.3) is 0 Å². The van der Waals surface area contributed by atoms with Crippen LogP contribution in [-0.2, 0) is 10.8 Å². The van der Waals surface area contributed by atoms with Crippen LogP contribution in [-0.4, -0.2) is 52.8 Å². The number of carbonyl (C=O) groups excluding carboxylic acids is 1. The van der Waals surface area contributed by atoms with E-state index in [1.54, 1.807) is 6.26 Å². The summed E-state index contributed by atoms with van der Waals surface area (Å²) in [5.74, 6) is 0.615. The molecule has 1 aliphatic rings. The van der Waals surface area contributed by atoms with E-state index >= 15 is 0 Å². The lowest BCUT2D eigenvalue weighted by molar-refractivity contribution is 0.0958. The Kier molecular flexibility index (Phi) is 5.54. The van der Waals surface area contributed by atoms with E-state index in [2.05, 4.69) is 15.2 Å². The van der Waals surface area contributed by atoms with Gasteiger partial charge in [-0.2, -0.15) is 0 Å². The Balaban J connectivity index is 1.92. The van der Waals surface area contributed by atoms with Crippen molar-refractivity contribution in [2.75, 3.05) is 42.3 Å². The van der Waals surface area contributed by atoms with Gasteiger partial charge in [-0.1, -0.05) is 11.3 Å². The van der Waals surface area contributed by atoms with Crippen molar-refractivity contribution in [3.8, 4) is 0 Å². The number of carbonyl (C=O) groups is 1. The van der Waals surface area contributed by atoms with E-state index in [0.717, 1.165) is 24.6 Å². The van der Waals surface area contributed by atoms with Crippen LogP contribution in [0.4, 0.5) is 10.9 Å². The Morgan fingerprint density at radius 1 is 1.62 bits per heavy atom. The van der Waals surface area contributed by atoms with Crippen molar-refractivity contribution < 1.29 is 9.00 Å². The maximum atomic E-state index is 12.1. The number of amides is 1. The molecule has 0 bridgehead atoms. The Bertz CT molecular complexity index is 534. The third kappa shape index (κ3) is 4.39. The molecule has 2 unspecified atom stereocenters. The molecule has 0 spiro atoms. The highest BCUT2D eigenvalue weighted by Crippen LogP contribution is 2.30. The maximum absolute atomic E-state index is 12.1. The molecule has 0 aliphatic carbocycles. The summed E-state index contributed by atoms with van der Waals surface area (Å²) in [6.45, 7) is 2.08. The van der Waals surface area contributed by atoms with Gasteiger partial charge in [0, 0.05) is 48.5 Å². The summed E-state index contributed by atoms with van der Waals surface area (Å²) < 4.78 is 10.9. The minimum atomic E-state index is -0.835. The number of hydrogen-bond donors (Lipinski definition) is 3. The Morgan fingerprint density at radius 3 is 3.00 bits per heavy atom. The molecule has 1 amide bonds. The molecule has 1 aromatic heterocycles. The molecular weight excluding hydrogens is 310 g/mol. The zero-order chi connectivity index (χ0) is 15.4. The van der Waals surface area contributed by atoms with Gasteiger partial charge >= 0.3 is 0 Å². The molecule has 0 saturated carbocycles. The molecule has 2 rings (SSSR count). The fraction of sp³-hybridized carbons (Fsp3) is 0.667. The lowest BCUT2D eigenvalue weighted by Gasteiger charge is -2.12. The summed E-state index contributed by atoms with van der Waals surface area (Å²) in [6.07, 6.45) is 3.26. The number of nitrogens with zero attached hydrogens (tertiary/aromatic N) is 2. The van der Waals surface area contributed by atoms with Crippen LogP contribution in [0.3, 0.4) is 0 Å². The van der Waals surface area contributed by atoms with Gasteiger partial charge in [0.25, 0.3) is 5.91 Å². The van der Waals surface area contributed by atoms with Crippen molar-refractivity contribution in [1.29, 1.82) is 0 Å². The SMILES string of the molecule is CS(=O)CCCNC(=O)c1sc(N2CCC(N)C2)nc1N. The highest BCUT2D eigenvalue weighted by Gasteiger charge is 2.24. The second-order valence-corrected chi connectivity index (χ2v) is 7.62. The van der Waals surface area contributed by atoms with Gasteiger partial charge in [0.2, 0.25) is 0 Å². The fourth-order valence-corrected chi connectivity index (χ4v) is 3.62. The molecule has 2 heterocycles. The van der Waals surface area contributed by atoms with Crippen LogP contribution >= 0.6 is 11.3 Å². The van der Waals surface area contributed by atoms with Crippen LogP contribution in [0, 0.1) is 0 Å². The third-order valence-electron chi connectivity index (χ3n) is 3.24. The zero-order valence-electron chi connectivity index (χ0n) is 12.0. The largest absolute Gasteiger partial charge is 0.382 e. The number of hydrogen-bond acceptors (Lipinski definition) is 7. The highest BCUT2D eigenvalue weighted by atomic mass is 32.2. The first kappa shape index (κ1) is 16.2. The van der Waals surface area contributed by atoms with Crippen molar-refractivity contribution in [2.24, 2.45) is 5.73 Å². The summed E-state index contributed by atoms with van der Waals surface area (Å²) in [7, 11) is -0.835. The van der Waals surface area contributed by atoms with Gasteiger partial charge in [-0.05, 0) is 12.8 Å². The second-order valence-electron chi connectivity index (χ2n) is 5.09. The second kappa shape index (κ2) is 7.19. The molecule has 0 radical (unpaired) electrons. The first-order valence-electron chi connectivity index (χ1n) is 6.82. The lowest BCUT2D eigenvalue weighted by Crippen LogP contribution is -2.26. The van der Waals surface area contributed by atoms with Crippen LogP contribution in [0.1, 0.15) is 22.5 Å². The molecule has 1 fully saturated rings. The summed E-state index contributed by atoms with van der Waals surface area (Å²) >= 11 is 1.29. The van der Waals surface area contributed by atoms with Crippen LogP contribution in [0.15, 0.2) is 0 Å². The molecule has 1 aromatic rings. The number of rotatable bonds is 6. The summed E-state index contributed by atoms with van der Waals surface area (Å²) in [5.41, 5.74) is 11.7. The van der Waals surface area contributed by atoms with Gasteiger partial charge in [-0.3, -0.25) is 9.00 Å². The zero-order valence-corrected chi connectivity index (χ0v) is 13.6. The van der Waals surface area contributed by atoms with Gasteiger partial charge < -0.3 is 21.7 Å². The summed E-state index contributed by atoms with van der Waals surface area (Å²) in [4.78, 5) is 18.8. The van der Waals surface area contributed by atoms with Crippen LogP contribution in [0.2, 0.25) is 0 Å². The minimum absolute atomic E-state index is 0.155. The van der Waals surface area contributed by atoms with E-state index in [0.29, 0.717) is 23.6 Å². The van der Waals surface area contributed by atoms with Crippen LogP contribution < -0.4 is 21.7 Å². The van der Waals surface area contributed by atoms with Crippen molar-refractivity contribution in [2.45, 2.75) is 18.9 Å². The number of anilines is 2. The quantitative estimate of drug-likeness (QED) is 0.620. The van der Waals surface area contributed by atoms with Gasteiger partial charge in [0.1, 0.15) is 10.7 Å². The molecule has 0 aromatic carbocycles. The van der Waals surface area contributed by atoms with E-state index in [1.807, 2.05) is 0 Å². The average molecular weight is 331 g/mol. The Hall–Kier alpha value is -1.19. The average Bonchev–Trinajstić information content (AvgIpc) is 3.00. The monoisotopic (exact) mass is 331 g/mol. The predicted octanol–water partition coefficient (Wildman–Crippen LogP) is -0.239. The van der Waals surface area contributed by atoms with Gasteiger partial charge in [0.05, 0.1) is 0 Å². The minimum Gasteiger partial charge on any atom is -0.382 e. The van der Waals surface area contributed by atoms with Crippen molar-refractivity contribution in [3.05, 3.63) is 4.88 Å². The first-order chi connectivity index (χ1) is 9.97. The first-order valence-corrected chi connectivity index (χ1v) is 9.36. The van der Waals surface area contributed by atoms with E-state index in [4.69, 9.17) is 11.5 Å². The van der Waals surface area contributed by atoms with E-state index in [1.165, 1.54) is 11.3 Å². The number of nitrogen functional groups attached to an aromatic ring is 1. The lowest BCUT2D eigenvalue weighted by atomic mass is 10.3. The fourth-order valence-electron chi connectivity index (χ4n) is 2.14. The van der Waals surface area contributed by atoms with E-state index in [-0.39, 0.29) is 17.8 Å². The Labute approximate surface area is 130 Å². The predicted molar refractivity (Wildman–Crippen MR) is 87.2 cm³/mol. The van der Waals surface area contributed by atoms with Crippen molar-refractivity contribution >= 4 is 39.0 Å². The number of nitrogens with one attached hydrogen (secondary N) is 1. The molecule has 7 nitrogen and oxygen atoms in total. The van der Waals surface area contributed by atoms with Gasteiger partial charge in [-0.25, -0.2) is 4.98 Å². The summed E-state index contributed by atoms with van der Waals surface area (Å²) in [6, 6.07) is 0.155. The van der Waals surface area contributed by atoms with Gasteiger partial charge in [-0.15, -0.1) is 0 Å². The molecule has 5 N–H and O–H groups in total. The molecule has 118 valence electrons. The third-order valence-corrected chi connectivity index (χ3v) is 5.23. The molecule has 1 saturated heterocycles. The molecule has 1 aliphatic heterocycles. The normalized spacial score (nSPS) is 19.7. The number of thiazole rings is 1. The van der Waals surface area contributed by atoms with Crippen molar-refractivity contribution in [3.63, 3.8) is 0 Å². The van der Waals surface area contributed by atoms with Crippen molar-refractivity contribution in [1.82, 2.24) is 10.3 Å². The van der Waals surface area contributed by atoms with Crippen LogP contribution in [0.5, 0.6) is 0 Å². The smallest absolute Gasteiger partial charge is 0.265 e.